The smallest absolute Gasteiger partial charge is 0.173 e. The summed E-state index contributed by atoms with van der Waals surface area (Å²) in [6.45, 7) is 4.14. The maximum Gasteiger partial charge on any atom is 0.173 e. The van der Waals surface area contributed by atoms with Gasteiger partial charge in [0.05, 0.1) is 6.26 Å². The zero-order chi connectivity index (χ0) is 21.0. The molecule has 8 heteroatoms. The molecule has 1 atom stereocenters. The van der Waals surface area contributed by atoms with E-state index in [1.54, 1.807) is 17.0 Å². The molecule has 0 amide bonds. The Hall–Kier alpha value is -2.58. The minimum absolute atomic E-state index is 0.227. The lowest BCUT2D eigenvalue weighted by Gasteiger charge is -2.43. The van der Waals surface area contributed by atoms with Gasteiger partial charge >= 0.3 is 0 Å². The number of halogens is 1. The van der Waals surface area contributed by atoms with Gasteiger partial charge in [-0.2, -0.15) is 0 Å². The normalized spacial score (nSPS) is 20.2. The van der Waals surface area contributed by atoms with Gasteiger partial charge in [0.1, 0.15) is 24.2 Å². The summed E-state index contributed by atoms with van der Waals surface area (Å²) in [4.78, 5) is 4.95. The first-order chi connectivity index (χ1) is 15.3. The van der Waals surface area contributed by atoms with Crippen molar-refractivity contribution in [3.05, 3.63) is 65.6 Å². The molecule has 164 valence electrons. The Bertz CT molecular complexity index is 960. The van der Waals surface area contributed by atoms with Gasteiger partial charge in [-0.05, 0) is 41.5 Å². The molecule has 3 heterocycles. The third-order valence-corrected chi connectivity index (χ3v) is 6.69. The number of tetrazole rings is 1. The van der Waals surface area contributed by atoms with Crippen LogP contribution in [0.1, 0.15) is 55.3 Å². The maximum absolute atomic E-state index is 14.9. The van der Waals surface area contributed by atoms with Gasteiger partial charge < -0.3 is 4.42 Å². The first kappa shape index (κ1) is 20.3. The molecule has 1 aromatic carbocycles. The number of hydrogen-bond acceptors (Lipinski definition) is 6. The largest absolute Gasteiger partial charge is 0.467 e. The molecule has 0 bridgehead atoms. The Morgan fingerprint density at radius 1 is 1.00 bits per heavy atom. The van der Waals surface area contributed by atoms with E-state index in [9.17, 15) is 4.39 Å². The summed E-state index contributed by atoms with van der Waals surface area (Å²) in [7, 11) is 0. The van der Waals surface area contributed by atoms with Crippen molar-refractivity contribution in [1.82, 2.24) is 30.0 Å². The second-order valence-corrected chi connectivity index (χ2v) is 8.56. The fraction of sp³-hybridized carbons (Fsp3) is 0.522. The summed E-state index contributed by atoms with van der Waals surface area (Å²) in [6.07, 6.45) is 8.28. The molecular weight excluding hydrogens is 395 g/mol. The van der Waals surface area contributed by atoms with Gasteiger partial charge in [-0.3, -0.25) is 9.80 Å². The highest BCUT2D eigenvalue weighted by atomic mass is 19.1. The lowest BCUT2D eigenvalue weighted by molar-refractivity contribution is 0.0612. The van der Waals surface area contributed by atoms with E-state index in [1.165, 1.54) is 38.2 Å². The Morgan fingerprint density at radius 3 is 2.55 bits per heavy atom. The Kier molecular flexibility index (Phi) is 6.08. The molecule has 3 aromatic rings. The number of benzene rings is 1. The van der Waals surface area contributed by atoms with Crippen molar-refractivity contribution in [2.75, 3.05) is 26.2 Å². The van der Waals surface area contributed by atoms with Gasteiger partial charge in [0.2, 0.25) is 0 Å². The first-order valence-corrected chi connectivity index (χ1v) is 11.3. The van der Waals surface area contributed by atoms with E-state index in [4.69, 9.17) is 4.42 Å². The van der Waals surface area contributed by atoms with Crippen molar-refractivity contribution in [3.8, 4) is 0 Å². The summed E-state index contributed by atoms with van der Waals surface area (Å²) in [5.74, 6) is 1.19. The predicted octanol–water partition coefficient (Wildman–Crippen LogP) is 3.49. The molecule has 0 N–H and O–H groups in total. The van der Waals surface area contributed by atoms with Crippen LogP contribution in [0.4, 0.5) is 4.39 Å². The molecule has 1 aliphatic carbocycles. The molecule has 0 radical (unpaired) electrons. The van der Waals surface area contributed by atoms with Crippen LogP contribution in [0.15, 0.2) is 47.1 Å². The molecule has 7 nitrogen and oxygen atoms in total. The second kappa shape index (κ2) is 9.28. The van der Waals surface area contributed by atoms with Crippen LogP contribution in [-0.2, 0) is 6.54 Å². The lowest BCUT2D eigenvalue weighted by Crippen LogP contribution is -2.52. The van der Waals surface area contributed by atoms with E-state index in [1.807, 2.05) is 24.3 Å². The van der Waals surface area contributed by atoms with E-state index in [0.29, 0.717) is 24.0 Å². The van der Waals surface area contributed by atoms with Crippen LogP contribution in [0.25, 0.3) is 0 Å². The van der Waals surface area contributed by atoms with Gasteiger partial charge in [0, 0.05) is 37.8 Å². The number of nitrogens with zero attached hydrogens (tertiary/aromatic N) is 6. The molecule has 0 unspecified atom stereocenters. The fourth-order valence-corrected chi connectivity index (χ4v) is 5.07. The number of furan rings is 1. The average molecular weight is 425 g/mol. The monoisotopic (exact) mass is 424 g/mol. The minimum Gasteiger partial charge on any atom is -0.467 e. The highest BCUT2D eigenvalue weighted by Crippen LogP contribution is 2.31. The molecule has 2 aromatic heterocycles. The van der Waals surface area contributed by atoms with E-state index in [-0.39, 0.29) is 11.9 Å². The van der Waals surface area contributed by atoms with Crippen LogP contribution in [0.5, 0.6) is 0 Å². The van der Waals surface area contributed by atoms with Gasteiger partial charge in [-0.1, -0.05) is 37.5 Å². The highest BCUT2D eigenvalue weighted by Gasteiger charge is 2.34. The molecule has 1 aliphatic heterocycles. The van der Waals surface area contributed by atoms with Crippen LogP contribution in [-0.4, -0.2) is 62.2 Å². The molecule has 0 spiro atoms. The summed E-state index contributed by atoms with van der Waals surface area (Å²) < 4.78 is 22.1. The van der Waals surface area contributed by atoms with Crippen LogP contribution in [0.2, 0.25) is 0 Å². The van der Waals surface area contributed by atoms with E-state index >= 15 is 0 Å². The number of piperazine rings is 1. The Labute approximate surface area is 181 Å². The van der Waals surface area contributed by atoms with Crippen molar-refractivity contribution < 1.29 is 8.81 Å². The Morgan fingerprint density at radius 2 is 1.81 bits per heavy atom. The van der Waals surface area contributed by atoms with Crippen molar-refractivity contribution in [2.24, 2.45) is 0 Å². The zero-order valence-corrected chi connectivity index (χ0v) is 17.7. The second-order valence-electron chi connectivity index (χ2n) is 8.56. The molecule has 1 saturated heterocycles. The van der Waals surface area contributed by atoms with Crippen molar-refractivity contribution >= 4 is 0 Å². The number of aromatic nitrogens is 4. The third-order valence-electron chi connectivity index (χ3n) is 6.69. The van der Waals surface area contributed by atoms with Crippen LogP contribution in [0.3, 0.4) is 0 Å². The van der Waals surface area contributed by atoms with E-state index in [0.717, 1.165) is 31.9 Å². The lowest BCUT2D eigenvalue weighted by atomic mass is 9.93. The number of rotatable bonds is 6. The van der Waals surface area contributed by atoms with Crippen LogP contribution < -0.4 is 0 Å². The van der Waals surface area contributed by atoms with E-state index in [2.05, 4.69) is 25.3 Å². The maximum atomic E-state index is 14.9. The van der Waals surface area contributed by atoms with Crippen molar-refractivity contribution in [2.45, 2.75) is 50.7 Å². The molecular formula is C23H29FN6O. The van der Waals surface area contributed by atoms with Crippen LogP contribution in [0, 0.1) is 5.82 Å². The fourth-order valence-electron chi connectivity index (χ4n) is 5.07. The molecule has 31 heavy (non-hydrogen) atoms. The zero-order valence-electron chi connectivity index (χ0n) is 17.7. The number of hydrogen-bond donors (Lipinski definition) is 0. The van der Waals surface area contributed by atoms with Gasteiger partial charge in [0.15, 0.2) is 5.82 Å². The average Bonchev–Trinajstić information content (AvgIpc) is 3.49. The quantitative estimate of drug-likeness (QED) is 0.604. The summed E-state index contributed by atoms with van der Waals surface area (Å²) in [5, 5.41) is 12.4. The third kappa shape index (κ3) is 4.41. The highest BCUT2D eigenvalue weighted by molar-refractivity contribution is 5.27. The predicted molar refractivity (Wildman–Crippen MR) is 114 cm³/mol. The standard InChI is InChI=1S/C23H29FN6O/c24-21-11-5-4-10-20(21)22(23-25-26-27-30(23)17-19-9-6-16-31-19)29-14-12-28(13-15-29)18-7-2-1-3-8-18/h4-6,9-11,16,18,22H,1-3,7-8,12-15,17H2/t22-/m0/s1. The first-order valence-electron chi connectivity index (χ1n) is 11.3. The van der Waals surface area contributed by atoms with Gasteiger partial charge in [-0.15, -0.1) is 5.10 Å². The van der Waals surface area contributed by atoms with E-state index < -0.39 is 0 Å². The summed E-state index contributed by atoms with van der Waals surface area (Å²) in [6, 6.07) is 11.1. The topological polar surface area (TPSA) is 63.2 Å². The van der Waals surface area contributed by atoms with Crippen LogP contribution >= 0.6 is 0 Å². The molecule has 2 fully saturated rings. The Balaban J connectivity index is 1.40. The summed E-state index contributed by atoms with van der Waals surface area (Å²) in [5.41, 5.74) is 0.615. The molecule has 1 saturated carbocycles. The van der Waals surface area contributed by atoms with Crippen molar-refractivity contribution in [3.63, 3.8) is 0 Å². The van der Waals surface area contributed by atoms with Gasteiger partial charge in [0.25, 0.3) is 0 Å². The van der Waals surface area contributed by atoms with Gasteiger partial charge in [-0.25, -0.2) is 9.07 Å². The van der Waals surface area contributed by atoms with Crippen molar-refractivity contribution in [1.29, 1.82) is 0 Å². The molecule has 2 aliphatic rings. The SMILES string of the molecule is Fc1ccccc1[C@@H](c1nnnn1Cc1ccco1)N1CCN(C2CCCCC2)CC1. The minimum atomic E-state index is -0.334. The molecule has 5 rings (SSSR count). The summed E-state index contributed by atoms with van der Waals surface area (Å²) >= 11 is 0.